The number of halogens is 4. The van der Waals surface area contributed by atoms with Crippen LogP contribution in [-0.2, 0) is 12.7 Å². The molecule has 0 aliphatic carbocycles. The highest BCUT2D eigenvalue weighted by molar-refractivity contribution is 9.10. The molecule has 1 N–H and O–H groups in total. The first-order valence-corrected chi connectivity index (χ1v) is 6.70. The lowest BCUT2D eigenvalue weighted by Gasteiger charge is -2.10. The Morgan fingerprint density at radius 3 is 2.75 bits per heavy atom. The van der Waals surface area contributed by atoms with Gasteiger partial charge in [0.05, 0.1) is 23.1 Å². The van der Waals surface area contributed by atoms with Gasteiger partial charge in [0.15, 0.2) is 0 Å². The summed E-state index contributed by atoms with van der Waals surface area (Å²) in [5, 5.41) is 10.8. The van der Waals surface area contributed by atoms with Gasteiger partial charge in [0.25, 0.3) is 0 Å². The molecule has 0 amide bonds. The molecule has 0 fully saturated rings. The summed E-state index contributed by atoms with van der Waals surface area (Å²) in [6, 6.07) is 3.94. The van der Waals surface area contributed by atoms with Crippen LogP contribution in [-0.4, -0.2) is 21.5 Å². The molecule has 1 aromatic carbocycles. The summed E-state index contributed by atoms with van der Waals surface area (Å²) in [5.41, 5.74) is 0.248. The fourth-order valence-electron chi connectivity index (χ4n) is 1.63. The first-order chi connectivity index (χ1) is 9.41. The van der Waals surface area contributed by atoms with Gasteiger partial charge >= 0.3 is 6.18 Å². The lowest BCUT2D eigenvalue weighted by Crippen LogP contribution is -2.11. The molecule has 8 heteroatoms. The highest BCUT2D eigenvalue weighted by Crippen LogP contribution is 2.35. The minimum Gasteiger partial charge on any atom is -0.311 e. The summed E-state index contributed by atoms with van der Waals surface area (Å²) in [6.45, 7) is 3.26. The number of rotatable bonds is 4. The zero-order chi connectivity index (χ0) is 14.8. The Morgan fingerprint density at radius 2 is 2.10 bits per heavy atom. The van der Waals surface area contributed by atoms with E-state index in [1.54, 1.807) is 12.3 Å². The molecule has 20 heavy (non-hydrogen) atoms. The molecule has 0 aliphatic rings. The van der Waals surface area contributed by atoms with Gasteiger partial charge in [-0.25, -0.2) is 4.68 Å². The lowest BCUT2D eigenvalue weighted by atomic mass is 10.2. The molecule has 0 atom stereocenters. The number of benzene rings is 1. The second-order valence-corrected chi connectivity index (χ2v) is 4.95. The van der Waals surface area contributed by atoms with Crippen molar-refractivity contribution < 1.29 is 13.2 Å². The van der Waals surface area contributed by atoms with Crippen LogP contribution in [0.3, 0.4) is 0 Å². The molecule has 0 saturated heterocycles. The molecule has 2 aromatic rings. The molecule has 0 radical (unpaired) electrons. The van der Waals surface area contributed by atoms with Gasteiger partial charge in [-0.2, -0.15) is 13.2 Å². The predicted octanol–water partition coefficient (Wildman–Crippen LogP) is 3.16. The van der Waals surface area contributed by atoms with Crippen LogP contribution in [0.1, 0.15) is 18.2 Å². The van der Waals surface area contributed by atoms with Crippen LogP contribution in [0, 0.1) is 0 Å². The third-order valence-corrected chi connectivity index (χ3v) is 3.31. The maximum atomic E-state index is 12.8. The summed E-state index contributed by atoms with van der Waals surface area (Å²) in [5.74, 6) is 0. The van der Waals surface area contributed by atoms with Crippen LogP contribution in [0.5, 0.6) is 0 Å². The average molecular weight is 349 g/mol. The van der Waals surface area contributed by atoms with E-state index < -0.39 is 11.7 Å². The molecule has 4 nitrogen and oxygen atoms in total. The molecule has 1 heterocycles. The normalized spacial score (nSPS) is 11.8. The van der Waals surface area contributed by atoms with E-state index in [0.29, 0.717) is 17.9 Å². The second kappa shape index (κ2) is 5.92. The number of hydrogen-bond donors (Lipinski definition) is 1. The first kappa shape index (κ1) is 15.0. The lowest BCUT2D eigenvalue weighted by molar-refractivity contribution is -0.138. The SMILES string of the molecule is CCNCc1cn(-c2ccc(Br)c(C(F)(F)F)c2)nn1. The van der Waals surface area contributed by atoms with E-state index in [4.69, 9.17) is 0 Å². The van der Waals surface area contributed by atoms with Crippen molar-refractivity contribution in [3.05, 3.63) is 40.1 Å². The number of nitrogens with one attached hydrogen (secondary N) is 1. The minimum absolute atomic E-state index is 0.00161. The van der Waals surface area contributed by atoms with Crippen molar-refractivity contribution in [2.24, 2.45) is 0 Å². The third-order valence-electron chi connectivity index (χ3n) is 2.62. The smallest absolute Gasteiger partial charge is 0.311 e. The molecular weight excluding hydrogens is 337 g/mol. The summed E-state index contributed by atoms with van der Waals surface area (Å²) >= 11 is 2.90. The Kier molecular flexibility index (Phi) is 4.44. The van der Waals surface area contributed by atoms with Gasteiger partial charge < -0.3 is 5.32 Å². The monoisotopic (exact) mass is 348 g/mol. The molecule has 1 aromatic heterocycles. The number of nitrogens with zero attached hydrogens (tertiary/aromatic N) is 3. The van der Waals surface area contributed by atoms with Crippen molar-refractivity contribution in [2.45, 2.75) is 19.6 Å². The Labute approximate surface area is 122 Å². The largest absolute Gasteiger partial charge is 0.417 e. The van der Waals surface area contributed by atoms with Crippen molar-refractivity contribution in [2.75, 3.05) is 6.54 Å². The minimum atomic E-state index is -4.41. The van der Waals surface area contributed by atoms with E-state index in [1.165, 1.54) is 10.7 Å². The number of aromatic nitrogens is 3. The van der Waals surface area contributed by atoms with Crippen molar-refractivity contribution in [3.8, 4) is 5.69 Å². The van der Waals surface area contributed by atoms with E-state index in [0.717, 1.165) is 12.6 Å². The van der Waals surface area contributed by atoms with Gasteiger partial charge in [-0.15, -0.1) is 5.10 Å². The van der Waals surface area contributed by atoms with Crippen LogP contribution >= 0.6 is 15.9 Å². The van der Waals surface area contributed by atoms with Crippen LogP contribution < -0.4 is 5.32 Å². The number of hydrogen-bond acceptors (Lipinski definition) is 3. The van der Waals surface area contributed by atoms with Crippen molar-refractivity contribution >= 4 is 15.9 Å². The van der Waals surface area contributed by atoms with E-state index in [1.807, 2.05) is 6.92 Å². The molecule has 108 valence electrons. The molecule has 0 bridgehead atoms. The average Bonchev–Trinajstić information content (AvgIpc) is 2.84. The highest BCUT2D eigenvalue weighted by Gasteiger charge is 2.33. The molecule has 2 rings (SSSR count). The second-order valence-electron chi connectivity index (χ2n) is 4.10. The molecular formula is C12H12BrF3N4. The quantitative estimate of drug-likeness (QED) is 0.922. The van der Waals surface area contributed by atoms with Crippen LogP contribution in [0.15, 0.2) is 28.9 Å². The molecule has 0 unspecified atom stereocenters. The van der Waals surface area contributed by atoms with Gasteiger partial charge in [0.1, 0.15) is 0 Å². The zero-order valence-corrected chi connectivity index (χ0v) is 12.2. The van der Waals surface area contributed by atoms with E-state index >= 15 is 0 Å². The predicted molar refractivity (Wildman–Crippen MR) is 71.4 cm³/mol. The molecule has 0 aliphatic heterocycles. The van der Waals surface area contributed by atoms with Crippen LogP contribution in [0.2, 0.25) is 0 Å². The Bertz CT molecular complexity index is 595. The zero-order valence-electron chi connectivity index (χ0n) is 10.6. The Hall–Kier alpha value is -1.41. The topological polar surface area (TPSA) is 42.7 Å². The maximum absolute atomic E-state index is 12.8. The fourth-order valence-corrected chi connectivity index (χ4v) is 2.10. The van der Waals surface area contributed by atoms with Crippen molar-refractivity contribution in [3.63, 3.8) is 0 Å². The standard InChI is InChI=1S/C12H12BrF3N4/c1-2-17-6-8-7-20(19-18-8)9-3-4-11(13)10(5-9)12(14,15)16/h3-5,7,17H,2,6H2,1H3. The summed E-state index contributed by atoms with van der Waals surface area (Å²) in [6.07, 6.45) is -2.81. The van der Waals surface area contributed by atoms with E-state index in [2.05, 4.69) is 31.6 Å². The summed E-state index contributed by atoms with van der Waals surface area (Å²) in [4.78, 5) is 0. The highest BCUT2D eigenvalue weighted by atomic mass is 79.9. The van der Waals surface area contributed by atoms with Crippen LogP contribution in [0.4, 0.5) is 13.2 Å². The van der Waals surface area contributed by atoms with E-state index in [9.17, 15) is 13.2 Å². The Balaban J connectivity index is 2.31. The molecule has 0 spiro atoms. The van der Waals surface area contributed by atoms with Crippen LogP contribution in [0.25, 0.3) is 5.69 Å². The fraction of sp³-hybridized carbons (Fsp3) is 0.333. The maximum Gasteiger partial charge on any atom is 0.417 e. The summed E-state index contributed by atoms with van der Waals surface area (Å²) in [7, 11) is 0. The van der Waals surface area contributed by atoms with Gasteiger partial charge in [-0.3, -0.25) is 0 Å². The van der Waals surface area contributed by atoms with Gasteiger partial charge in [0.2, 0.25) is 0 Å². The van der Waals surface area contributed by atoms with Gasteiger partial charge in [0, 0.05) is 11.0 Å². The number of alkyl halides is 3. The Morgan fingerprint density at radius 1 is 1.35 bits per heavy atom. The van der Waals surface area contributed by atoms with Crippen molar-refractivity contribution in [1.29, 1.82) is 0 Å². The summed E-state index contributed by atoms with van der Waals surface area (Å²) < 4.78 is 39.8. The van der Waals surface area contributed by atoms with Crippen molar-refractivity contribution in [1.82, 2.24) is 20.3 Å². The molecule has 0 saturated carbocycles. The van der Waals surface area contributed by atoms with Gasteiger partial charge in [-0.05, 0) is 24.7 Å². The van der Waals surface area contributed by atoms with Gasteiger partial charge in [-0.1, -0.05) is 28.1 Å². The van der Waals surface area contributed by atoms with E-state index in [-0.39, 0.29) is 4.47 Å². The third kappa shape index (κ3) is 3.37. The first-order valence-electron chi connectivity index (χ1n) is 5.91.